The molecule has 0 amide bonds. The minimum absolute atomic E-state index is 0.200. The Morgan fingerprint density at radius 3 is 2.73 bits per heavy atom. The van der Waals surface area contributed by atoms with Crippen LogP contribution in [0.5, 0.6) is 0 Å². The summed E-state index contributed by atoms with van der Waals surface area (Å²) in [6.45, 7) is 2.72. The van der Waals surface area contributed by atoms with Gasteiger partial charge in [0.05, 0.1) is 11.5 Å². The molecule has 15 heavy (non-hydrogen) atoms. The highest BCUT2D eigenvalue weighted by molar-refractivity contribution is 5.74. The van der Waals surface area contributed by atoms with E-state index < -0.39 is 11.4 Å². The van der Waals surface area contributed by atoms with E-state index in [1.54, 1.807) is 0 Å². The first-order valence-corrected chi connectivity index (χ1v) is 5.99. The zero-order valence-electron chi connectivity index (χ0n) is 9.37. The van der Waals surface area contributed by atoms with Crippen molar-refractivity contribution in [3.63, 3.8) is 0 Å². The van der Waals surface area contributed by atoms with Crippen LogP contribution in [0.1, 0.15) is 45.4 Å². The highest BCUT2D eigenvalue weighted by Crippen LogP contribution is 2.45. The minimum atomic E-state index is -0.636. The normalized spacial score (nSPS) is 41.7. The second-order valence-corrected chi connectivity index (χ2v) is 5.13. The van der Waals surface area contributed by atoms with Crippen molar-refractivity contribution in [3.05, 3.63) is 0 Å². The van der Waals surface area contributed by atoms with E-state index in [1.165, 1.54) is 0 Å². The number of ether oxygens (including phenoxy) is 1. The molecule has 86 valence electrons. The molecule has 1 aliphatic heterocycles. The third-order valence-corrected chi connectivity index (χ3v) is 4.18. The number of carboxylic acid groups (broad SMARTS) is 1. The number of rotatable bonds is 2. The molecule has 0 bridgehead atoms. The lowest BCUT2D eigenvalue weighted by molar-refractivity contribution is -0.158. The third-order valence-electron chi connectivity index (χ3n) is 4.18. The van der Waals surface area contributed by atoms with Gasteiger partial charge in [-0.2, -0.15) is 0 Å². The van der Waals surface area contributed by atoms with E-state index in [9.17, 15) is 9.90 Å². The molecule has 0 aromatic rings. The Morgan fingerprint density at radius 1 is 1.33 bits per heavy atom. The summed E-state index contributed by atoms with van der Waals surface area (Å²) < 4.78 is 5.67. The molecule has 1 heterocycles. The molecule has 2 rings (SSSR count). The van der Waals surface area contributed by atoms with Crippen molar-refractivity contribution in [3.8, 4) is 0 Å². The van der Waals surface area contributed by atoms with Crippen molar-refractivity contribution in [2.75, 3.05) is 6.61 Å². The molecule has 1 saturated heterocycles. The van der Waals surface area contributed by atoms with Gasteiger partial charge in [-0.25, -0.2) is 0 Å². The van der Waals surface area contributed by atoms with Crippen molar-refractivity contribution in [2.45, 2.75) is 51.6 Å². The van der Waals surface area contributed by atoms with E-state index in [2.05, 4.69) is 0 Å². The molecular weight excluding hydrogens is 192 g/mol. The van der Waals surface area contributed by atoms with E-state index in [0.29, 0.717) is 0 Å². The lowest BCUT2D eigenvalue weighted by Gasteiger charge is -2.40. The molecule has 3 nitrogen and oxygen atoms in total. The molecule has 0 aromatic carbocycles. The topological polar surface area (TPSA) is 46.5 Å². The van der Waals surface area contributed by atoms with Crippen molar-refractivity contribution < 1.29 is 14.6 Å². The number of carbonyl (C=O) groups is 1. The Hall–Kier alpha value is -0.570. The average molecular weight is 212 g/mol. The fourth-order valence-electron chi connectivity index (χ4n) is 3.14. The van der Waals surface area contributed by atoms with Crippen molar-refractivity contribution in [1.29, 1.82) is 0 Å². The fourth-order valence-corrected chi connectivity index (χ4v) is 3.14. The van der Waals surface area contributed by atoms with Crippen LogP contribution >= 0.6 is 0 Å². The van der Waals surface area contributed by atoms with Crippen LogP contribution in [0.25, 0.3) is 0 Å². The van der Waals surface area contributed by atoms with Crippen LogP contribution in [0.3, 0.4) is 0 Å². The van der Waals surface area contributed by atoms with Crippen LogP contribution < -0.4 is 0 Å². The molecule has 3 unspecified atom stereocenters. The lowest BCUT2D eigenvalue weighted by atomic mass is 9.65. The summed E-state index contributed by atoms with van der Waals surface area (Å²) in [5, 5.41) is 9.37. The highest BCUT2D eigenvalue weighted by Gasteiger charge is 2.47. The van der Waals surface area contributed by atoms with Gasteiger partial charge in [0.15, 0.2) is 0 Å². The monoisotopic (exact) mass is 212 g/mol. The van der Waals surface area contributed by atoms with Crippen molar-refractivity contribution in [2.24, 2.45) is 11.3 Å². The smallest absolute Gasteiger partial charge is 0.309 e. The summed E-state index contributed by atoms with van der Waals surface area (Å²) in [7, 11) is 0. The molecule has 3 heteroatoms. The highest BCUT2D eigenvalue weighted by atomic mass is 16.5. The van der Waals surface area contributed by atoms with Gasteiger partial charge in [-0.3, -0.25) is 4.79 Å². The summed E-state index contributed by atoms with van der Waals surface area (Å²) in [5.74, 6) is -0.408. The summed E-state index contributed by atoms with van der Waals surface area (Å²) in [5.41, 5.74) is -0.548. The summed E-state index contributed by atoms with van der Waals surface area (Å²) in [4.78, 5) is 11.4. The minimum Gasteiger partial charge on any atom is -0.481 e. The van der Waals surface area contributed by atoms with Gasteiger partial charge >= 0.3 is 5.97 Å². The van der Waals surface area contributed by atoms with E-state index >= 15 is 0 Å². The van der Waals surface area contributed by atoms with Gasteiger partial charge in [0.1, 0.15) is 0 Å². The van der Waals surface area contributed by atoms with Gasteiger partial charge in [-0.1, -0.05) is 12.8 Å². The van der Waals surface area contributed by atoms with Gasteiger partial charge in [0.2, 0.25) is 0 Å². The molecule has 2 fully saturated rings. The van der Waals surface area contributed by atoms with Crippen molar-refractivity contribution in [1.82, 2.24) is 0 Å². The largest absolute Gasteiger partial charge is 0.481 e. The Labute approximate surface area is 90.8 Å². The maximum Gasteiger partial charge on any atom is 0.309 e. The first kappa shape index (κ1) is 10.9. The summed E-state index contributed by atoms with van der Waals surface area (Å²) in [6, 6.07) is 0. The Kier molecular flexibility index (Phi) is 3.01. The molecule has 0 spiro atoms. The molecule has 2 aliphatic rings. The maximum absolute atomic E-state index is 11.4. The Bertz CT molecular complexity index is 245. The second kappa shape index (κ2) is 4.12. The number of aliphatic carboxylic acids is 1. The average Bonchev–Trinajstić information content (AvgIpc) is 2.71. The zero-order chi connectivity index (χ0) is 10.9. The van der Waals surface area contributed by atoms with Crippen LogP contribution in [0.2, 0.25) is 0 Å². The fraction of sp³-hybridized carbons (Fsp3) is 0.917. The van der Waals surface area contributed by atoms with Gasteiger partial charge in [0.25, 0.3) is 0 Å². The van der Waals surface area contributed by atoms with E-state index in [-0.39, 0.29) is 12.0 Å². The molecule has 1 saturated carbocycles. The molecular formula is C12H20O3. The zero-order valence-corrected chi connectivity index (χ0v) is 9.37. The third kappa shape index (κ3) is 1.89. The lowest BCUT2D eigenvalue weighted by Crippen LogP contribution is -2.44. The summed E-state index contributed by atoms with van der Waals surface area (Å²) >= 11 is 0. The quantitative estimate of drug-likeness (QED) is 0.764. The Morgan fingerprint density at radius 2 is 2.13 bits per heavy atom. The Balaban J connectivity index is 2.14. The standard InChI is InChI=1S/C12H20O3/c1-12(11(13)14)7-3-2-5-9(12)10-6-4-8-15-10/h9-10H,2-8H2,1H3,(H,13,14). The van der Waals surface area contributed by atoms with Crippen LogP contribution in [-0.4, -0.2) is 23.8 Å². The number of hydrogen-bond acceptors (Lipinski definition) is 2. The first-order chi connectivity index (χ1) is 7.14. The summed E-state index contributed by atoms with van der Waals surface area (Å²) in [6.07, 6.45) is 6.39. The predicted molar refractivity (Wildman–Crippen MR) is 56.7 cm³/mol. The van der Waals surface area contributed by atoms with Gasteiger partial charge < -0.3 is 9.84 Å². The predicted octanol–water partition coefficient (Wildman–Crippen LogP) is 2.45. The maximum atomic E-state index is 11.4. The van der Waals surface area contributed by atoms with Crippen LogP contribution in [0, 0.1) is 11.3 Å². The van der Waals surface area contributed by atoms with Gasteiger partial charge in [-0.05, 0) is 32.6 Å². The molecule has 1 aliphatic carbocycles. The van der Waals surface area contributed by atoms with Gasteiger partial charge in [-0.15, -0.1) is 0 Å². The SMILES string of the molecule is CC1(C(=O)O)CCCCC1C1CCCO1. The van der Waals surface area contributed by atoms with Crippen LogP contribution in [0.15, 0.2) is 0 Å². The van der Waals surface area contributed by atoms with Crippen molar-refractivity contribution >= 4 is 5.97 Å². The van der Waals surface area contributed by atoms with E-state index in [0.717, 1.165) is 45.1 Å². The van der Waals surface area contributed by atoms with Crippen LogP contribution in [0.4, 0.5) is 0 Å². The second-order valence-electron chi connectivity index (χ2n) is 5.13. The first-order valence-electron chi connectivity index (χ1n) is 5.99. The number of carboxylic acids is 1. The van der Waals surface area contributed by atoms with Crippen LogP contribution in [-0.2, 0) is 9.53 Å². The van der Waals surface area contributed by atoms with E-state index in [4.69, 9.17) is 4.74 Å². The molecule has 0 radical (unpaired) electrons. The van der Waals surface area contributed by atoms with Gasteiger partial charge in [0, 0.05) is 12.5 Å². The molecule has 0 aromatic heterocycles. The molecule has 1 N–H and O–H groups in total. The van der Waals surface area contributed by atoms with E-state index in [1.807, 2.05) is 6.92 Å². The number of hydrogen-bond donors (Lipinski definition) is 1. The molecule has 3 atom stereocenters.